The van der Waals surface area contributed by atoms with E-state index in [-0.39, 0.29) is 0 Å². The highest BCUT2D eigenvalue weighted by atomic mass is 16.5. The highest BCUT2D eigenvalue weighted by Crippen LogP contribution is 2.09. The molecule has 1 amide bonds. The van der Waals surface area contributed by atoms with Gasteiger partial charge in [0.15, 0.2) is 0 Å². The summed E-state index contributed by atoms with van der Waals surface area (Å²) in [6.45, 7) is 6.80. The van der Waals surface area contributed by atoms with Crippen molar-refractivity contribution in [1.82, 2.24) is 4.90 Å². The van der Waals surface area contributed by atoms with E-state index < -0.39 is 0 Å². The minimum atomic E-state index is 0.313. The molecule has 0 radical (unpaired) electrons. The highest BCUT2D eigenvalue weighted by molar-refractivity contribution is 5.77. The first kappa shape index (κ1) is 11.5. The van der Waals surface area contributed by atoms with Gasteiger partial charge in [-0.05, 0) is 26.2 Å². The number of rotatable bonds is 6. The quantitative estimate of drug-likeness (QED) is 0.611. The minimum Gasteiger partial charge on any atom is -0.378 e. The Bertz CT molecular complexity index is 182. The molecular formula is C11H21NO2. The summed E-state index contributed by atoms with van der Waals surface area (Å²) in [6.07, 6.45) is 4.15. The molecule has 1 atom stereocenters. The Hall–Kier alpha value is -0.570. The van der Waals surface area contributed by atoms with Crippen molar-refractivity contribution in [2.75, 3.05) is 19.7 Å². The molecule has 1 heterocycles. The SMILES string of the molecule is CCC(C)OCCCN1CCCC1=O. The summed E-state index contributed by atoms with van der Waals surface area (Å²) in [5.74, 6) is 0.313. The van der Waals surface area contributed by atoms with E-state index in [2.05, 4.69) is 13.8 Å². The molecule has 14 heavy (non-hydrogen) atoms. The molecule has 3 nitrogen and oxygen atoms in total. The third-order valence-electron chi connectivity index (χ3n) is 2.72. The Morgan fingerprint density at radius 2 is 2.36 bits per heavy atom. The van der Waals surface area contributed by atoms with E-state index in [1.54, 1.807) is 0 Å². The second-order valence-corrected chi connectivity index (χ2v) is 3.93. The van der Waals surface area contributed by atoms with Crippen LogP contribution in [0.3, 0.4) is 0 Å². The van der Waals surface area contributed by atoms with Crippen LogP contribution in [0.2, 0.25) is 0 Å². The fraction of sp³-hybridized carbons (Fsp3) is 0.909. The average Bonchev–Trinajstić information content (AvgIpc) is 2.58. The molecule has 0 bridgehead atoms. The van der Waals surface area contributed by atoms with Crippen LogP contribution in [0.4, 0.5) is 0 Å². The molecule has 0 spiro atoms. The maximum absolute atomic E-state index is 11.2. The Balaban J connectivity index is 2.01. The zero-order chi connectivity index (χ0) is 10.4. The van der Waals surface area contributed by atoms with Gasteiger partial charge in [0.25, 0.3) is 0 Å². The monoisotopic (exact) mass is 199 g/mol. The van der Waals surface area contributed by atoms with Crippen molar-refractivity contribution >= 4 is 5.91 Å². The molecule has 0 aromatic carbocycles. The average molecular weight is 199 g/mol. The van der Waals surface area contributed by atoms with Crippen LogP contribution in [0.15, 0.2) is 0 Å². The summed E-state index contributed by atoms with van der Waals surface area (Å²) in [6, 6.07) is 0. The Kier molecular flexibility index (Phi) is 4.94. The van der Waals surface area contributed by atoms with Crippen LogP contribution < -0.4 is 0 Å². The predicted molar refractivity (Wildman–Crippen MR) is 56.1 cm³/mol. The summed E-state index contributed by atoms with van der Waals surface area (Å²) in [5.41, 5.74) is 0. The minimum absolute atomic E-state index is 0.313. The number of nitrogens with zero attached hydrogens (tertiary/aromatic N) is 1. The van der Waals surface area contributed by atoms with Gasteiger partial charge < -0.3 is 9.64 Å². The van der Waals surface area contributed by atoms with E-state index in [0.717, 1.165) is 45.4 Å². The molecule has 1 saturated heterocycles. The molecule has 0 N–H and O–H groups in total. The number of hydrogen-bond donors (Lipinski definition) is 0. The summed E-state index contributed by atoms with van der Waals surface area (Å²) in [4.78, 5) is 13.2. The molecule has 1 rings (SSSR count). The number of likely N-dealkylation sites (tertiary alicyclic amines) is 1. The second-order valence-electron chi connectivity index (χ2n) is 3.93. The Morgan fingerprint density at radius 1 is 1.57 bits per heavy atom. The lowest BCUT2D eigenvalue weighted by Crippen LogP contribution is -2.26. The van der Waals surface area contributed by atoms with Crippen molar-refractivity contribution in [3.63, 3.8) is 0 Å². The molecule has 1 unspecified atom stereocenters. The van der Waals surface area contributed by atoms with Crippen LogP contribution in [-0.4, -0.2) is 36.6 Å². The zero-order valence-corrected chi connectivity index (χ0v) is 9.29. The van der Waals surface area contributed by atoms with Crippen LogP contribution in [0, 0.1) is 0 Å². The van der Waals surface area contributed by atoms with E-state index in [9.17, 15) is 4.79 Å². The fourth-order valence-corrected chi connectivity index (χ4v) is 1.60. The lowest BCUT2D eigenvalue weighted by molar-refractivity contribution is -0.127. The number of carbonyl (C=O) groups excluding carboxylic acids is 1. The van der Waals surface area contributed by atoms with Gasteiger partial charge in [0.05, 0.1) is 6.10 Å². The summed E-state index contributed by atoms with van der Waals surface area (Å²) >= 11 is 0. The normalized spacial score (nSPS) is 19.0. The number of ether oxygens (including phenoxy) is 1. The molecule has 0 saturated carbocycles. The summed E-state index contributed by atoms with van der Waals surface area (Å²) in [7, 11) is 0. The first-order valence-corrected chi connectivity index (χ1v) is 5.63. The maximum Gasteiger partial charge on any atom is 0.222 e. The van der Waals surface area contributed by atoms with Crippen molar-refractivity contribution in [3.8, 4) is 0 Å². The van der Waals surface area contributed by atoms with Crippen molar-refractivity contribution in [3.05, 3.63) is 0 Å². The van der Waals surface area contributed by atoms with Gasteiger partial charge >= 0.3 is 0 Å². The van der Waals surface area contributed by atoms with E-state index in [0.29, 0.717) is 12.0 Å². The summed E-state index contributed by atoms with van der Waals surface area (Å²) in [5, 5.41) is 0. The molecule has 3 heteroatoms. The van der Waals surface area contributed by atoms with Crippen LogP contribution >= 0.6 is 0 Å². The number of carbonyl (C=O) groups is 1. The molecule has 82 valence electrons. The summed E-state index contributed by atoms with van der Waals surface area (Å²) < 4.78 is 5.55. The van der Waals surface area contributed by atoms with Crippen LogP contribution in [0.1, 0.15) is 39.5 Å². The maximum atomic E-state index is 11.2. The van der Waals surface area contributed by atoms with E-state index in [4.69, 9.17) is 4.74 Å². The van der Waals surface area contributed by atoms with Gasteiger partial charge in [0, 0.05) is 26.1 Å². The Labute approximate surface area is 86.4 Å². The van der Waals surface area contributed by atoms with E-state index in [1.165, 1.54) is 0 Å². The fourth-order valence-electron chi connectivity index (χ4n) is 1.60. The third-order valence-corrected chi connectivity index (χ3v) is 2.72. The van der Waals surface area contributed by atoms with Gasteiger partial charge in [-0.25, -0.2) is 0 Å². The molecule has 1 aliphatic rings. The number of hydrogen-bond acceptors (Lipinski definition) is 2. The first-order chi connectivity index (χ1) is 6.74. The van der Waals surface area contributed by atoms with Gasteiger partial charge in [-0.1, -0.05) is 6.92 Å². The molecule has 1 fully saturated rings. The molecule has 0 aromatic rings. The highest BCUT2D eigenvalue weighted by Gasteiger charge is 2.18. The van der Waals surface area contributed by atoms with Crippen molar-refractivity contribution in [2.24, 2.45) is 0 Å². The van der Waals surface area contributed by atoms with Crippen LogP contribution in [0.25, 0.3) is 0 Å². The topological polar surface area (TPSA) is 29.5 Å². The lowest BCUT2D eigenvalue weighted by Gasteiger charge is -2.16. The van der Waals surface area contributed by atoms with Crippen molar-refractivity contribution in [1.29, 1.82) is 0 Å². The van der Waals surface area contributed by atoms with Gasteiger partial charge in [-0.2, -0.15) is 0 Å². The van der Waals surface area contributed by atoms with Crippen molar-refractivity contribution < 1.29 is 9.53 Å². The molecule has 0 aliphatic carbocycles. The first-order valence-electron chi connectivity index (χ1n) is 5.63. The van der Waals surface area contributed by atoms with E-state index in [1.807, 2.05) is 4.90 Å². The standard InChI is InChI=1S/C11H21NO2/c1-3-10(2)14-9-5-8-12-7-4-6-11(12)13/h10H,3-9H2,1-2H3. The molecular weight excluding hydrogens is 178 g/mol. The molecule has 1 aliphatic heterocycles. The van der Waals surface area contributed by atoms with Gasteiger partial charge in [0.2, 0.25) is 5.91 Å². The number of amides is 1. The van der Waals surface area contributed by atoms with E-state index >= 15 is 0 Å². The van der Waals surface area contributed by atoms with Gasteiger partial charge in [0.1, 0.15) is 0 Å². The third kappa shape index (κ3) is 3.66. The molecule has 0 aromatic heterocycles. The predicted octanol–water partition coefficient (Wildman–Crippen LogP) is 1.81. The lowest BCUT2D eigenvalue weighted by atomic mass is 10.3. The van der Waals surface area contributed by atoms with Gasteiger partial charge in [-0.15, -0.1) is 0 Å². The van der Waals surface area contributed by atoms with Crippen LogP contribution in [-0.2, 0) is 9.53 Å². The van der Waals surface area contributed by atoms with Crippen molar-refractivity contribution in [2.45, 2.75) is 45.6 Å². The van der Waals surface area contributed by atoms with Gasteiger partial charge in [-0.3, -0.25) is 4.79 Å². The van der Waals surface area contributed by atoms with Crippen LogP contribution in [0.5, 0.6) is 0 Å². The second kappa shape index (κ2) is 6.02. The Morgan fingerprint density at radius 3 is 2.93 bits per heavy atom. The largest absolute Gasteiger partial charge is 0.378 e. The smallest absolute Gasteiger partial charge is 0.222 e. The zero-order valence-electron chi connectivity index (χ0n) is 9.29.